The third-order valence-corrected chi connectivity index (χ3v) is 3.37. The van der Waals surface area contributed by atoms with E-state index in [4.69, 9.17) is 0 Å². The van der Waals surface area contributed by atoms with Crippen molar-refractivity contribution in [1.29, 1.82) is 0 Å². The molecule has 0 atom stereocenters. The van der Waals surface area contributed by atoms with Crippen LogP contribution in [0.15, 0.2) is 24.3 Å². The Labute approximate surface area is 103 Å². The van der Waals surface area contributed by atoms with Gasteiger partial charge >= 0.3 is 0 Å². The molecule has 94 valence electrons. The number of hydrogen-bond donors (Lipinski definition) is 1. The van der Waals surface area contributed by atoms with Gasteiger partial charge in [-0.15, -0.1) is 0 Å². The van der Waals surface area contributed by atoms with E-state index in [1.807, 2.05) is 6.07 Å². The molecule has 1 fully saturated rings. The minimum Gasteiger partial charge on any atom is -0.381 e. The Morgan fingerprint density at radius 2 is 2.12 bits per heavy atom. The molecular weight excluding hydrogens is 215 g/mol. The maximum absolute atomic E-state index is 13.3. The maximum Gasteiger partial charge on any atom is 0.146 e. The molecule has 1 aliphatic heterocycles. The van der Waals surface area contributed by atoms with Crippen molar-refractivity contribution in [1.82, 2.24) is 4.90 Å². The number of hydrogen-bond acceptors (Lipinski definition) is 2. The van der Waals surface area contributed by atoms with Gasteiger partial charge in [-0.25, -0.2) is 4.39 Å². The Hall–Kier alpha value is -1.09. The summed E-state index contributed by atoms with van der Waals surface area (Å²) in [5.41, 5.74) is 1.05. The smallest absolute Gasteiger partial charge is 0.146 e. The number of anilines is 1. The van der Waals surface area contributed by atoms with Crippen LogP contribution in [0.25, 0.3) is 0 Å². The van der Waals surface area contributed by atoms with Crippen LogP contribution < -0.4 is 5.32 Å². The number of para-hydroxylation sites is 1. The average molecular weight is 236 g/mol. The average Bonchev–Trinajstić information content (AvgIpc) is 2.61. The van der Waals surface area contributed by atoms with Crippen LogP contribution in [-0.2, 0) is 0 Å². The quantitative estimate of drug-likeness (QED) is 0.864. The number of nitrogens with one attached hydrogen (secondary N) is 1. The van der Waals surface area contributed by atoms with Gasteiger partial charge in [0.25, 0.3) is 0 Å². The second kappa shape index (κ2) is 5.05. The minimum atomic E-state index is -0.172. The third kappa shape index (κ3) is 3.43. The summed E-state index contributed by atoms with van der Waals surface area (Å²) in [4.78, 5) is 2.44. The summed E-state index contributed by atoms with van der Waals surface area (Å²) in [7, 11) is 0. The lowest BCUT2D eigenvalue weighted by atomic mass is 9.93. The summed E-state index contributed by atoms with van der Waals surface area (Å²) in [5.74, 6) is -0.172. The first-order chi connectivity index (χ1) is 8.07. The summed E-state index contributed by atoms with van der Waals surface area (Å²) in [5, 5.41) is 3.15. The fourth-order valence-electron chi connectivity index (χ4n) is 2.37. The Bertz CT molecular complexity index is 376. The van der Waals surface area contributed by atoms with E-state index in [0.29, 0.717) is 11.1 Å². The van der Waals surface area contributed by atoms with Gasteiger partial charge in [-0.05, 0) is 30.5 Å². The zero-order chi connectivity index (χ0) is 12.3. The summed E-state index contributed by atoms with van der Waals surface area (Å²) in [6, 6.07) is 6.83. The van der Waals surface area contributed by atoms with Gasteiger partial charge in [0.2, 0.25) is 0 Å². The molecule has 2 rings (SSSR count). The van der Waals surface area contributed by atoms with Gasteiger partial charge in [-0.1, -0.05) is 26.0 Å². The van der Waals surface area contributed by atoms with Gasteiger partial charge in [0.15, 0.2) is 0 Å². The highest BCUT2D eigenvalue weighted by atomic mass is 19.1. The summed E-state index contributed by atoms with van der Waals surface area (Å²) in [6.07, 6.45) is 1.26. The second-order valence-electron chi connectivity index (χ2n) is 5.60. The highest BCUT2D eigenvalue weighted by Crippen LogP contribution is 2.28. The van der Waals surface area contributed by atoms with E-state index in [-0.39, 0.29) is 5.82 Å². The van der Waals surface area contributed by atoms with Crippen LogP contribution in [0.1, 0.15) is 20.3 Å². The predicted octanol–water partition coefficient (Wildman–Crippen LogP) is 2.97. The molecule has 0 bridgehead atoms. The Balaban J connectivity index is 1.76. The van der Waals surface area contributed by atoms with Gasteiger partial charge in [-0.3, -0.25) is 0 Å². The van der Waals surface area contributed by atoms with Crippen molar-refractivity contribution in [2.75, 3.05) is 31.5 Å². The molecule has 0 radical (unpaired) electrons. The standard InChI is InChI=1S/C14H21FN2/c1-14(2)7-9-17(11-14)10-8-16-13-6-4-3-5-12(13)15/h3-6,16H,7-11H2,1-2H3. The van der Waals surface area contributed by atoms with Crippen molar-refractivity contribution < 1.29 is 4.39 Å². The first-order valence-corrected chi connectivity index (χ1v) is 6.28. The van der Waals surface area contributed by atoms with Crippen LogP contribution >= 0.6 is 0 Å². The van der Waals surface area contributed by atoms with Crippen LogP contribution in [0.2, 0.25) is 0 Å². The van der Waals surface area contributed by atoms with E-state index in [1.165, 1.54) is 12.5 Å². The molecule has 0 amide bonds. The molecule has 1 aromatic rings. The molecule has 0 saturated carbocycles. The van der Waals surface area contributed by atoms with Crippen LogP contribution in [0.5, 0.6) is 0 Å². The van der Waals surface area contributed by atoms with Gasteiger partial charge in [-0.2, -0.15) is 0 Å². The Kier molecular flexibility index (Phi) is 3.67. The largest absolute Gasteiger partial charge is 0.381 e. The molecule has 0 unspecified atom stereocenters. The molecule has 2 nitrogen and oxygen atoms in total. The van der Waals surface area contributed by atoms with Crippen molar-refractivity contribution >= 4 is 5.69 Å². The molecule has 1 saturated heterocycles. The molecule has 1 aliphatic rings. The van der Waals surface area contributed by atoms with Gasteiger partial charge in [0.05, 0.1) is 5.69 Å². The van der Waals surface area contributed by atoms with E-state index in [1.54, 1.807) is 12.1 Å². The Morgan fingerprint density at radius 3 is 2.76 bits per heavy atom. The Morgan fingerprint density at radius 1 is 1.35 bits per heavy atom. The topological polar surface area (TPSA) is 15.3 Å². The van der Waals surface area contributed by atoms with E-state index >= 15 is 0 Å². The molecule has 17 heavy (non-hydrogen) atoms. The molecule has 1 N–H and O–H groups in total. The van der Waals surface area contributed by atoms with E-state index in [2.05, 4.69) is 24.1 Å². The second-order valence-corrected chi connectivity index (χ2v) is 5.60. The number of benzene rings is 1. The number of rotatable bonds is 4. The van der Waals surface area contributed by atoms with E-state index in [9.17, 15) is 4.39 Å². The monoisotopic (exact) mass is 236 g/mol. The van der Waals surface area contributed by atoms with Gasteiger partial charge in [0, 0.05) is 19.6 Å². The number of halogens is 1. The van der Waals surface area contributed by atoms with Gasteiger partial charge in [0.1, 0.15) is 5.82 Å². The lowest BCUT2D eigenvalue weighted by Crippen LogP contribution is -2.28. The van der Waals surface area contributed by atoms with Crippen molar-refractivity contribution in [2.24, 2.45) is 5.41 Å². The predicted molar refractivity (Wildman–Crippen MR) is 69.7 cm³/mol. The van der Waals surface area contributed by atoms with Crippen molar-refractivity contribution in [3.05, 3.63) is 30.1 Å². The lowest BCUT2D eigenvalue weighted by molar-refractivity contribution is 0.300. The number of nitrogens with zero attached hydrogens (tertiary/aromatic N) is 1. The van der Waals surface area contributed by atoms with Crippen molar-refractivity contribution in [3.63, 3.8) is 0 Å². The summed E-state index contributed by atoms with van der Waals surface area (Å²) in [6.45, 7) is 8.70. The summed E-state index contributed by atoms with van der Waals surface area (Å²) < 4.78 is 13.3. The van der Waals surface area contributed by atoms with Crippen molar-refractivity contribution in [2.45, 2.75) is 20.3 Å². The highest BCUT2D eigenvalue weighted by molar-refractivity contribution is 5.44. The summed E-state index contributed by atoms with van der Waals surface area (Å²) >= 11 is 0. The molecule has 1 heterocycles. The molecule has 0 aliphatic carbocycles. The van der Waals surface area contributed by atoms with Crippen LogP contribution in [0.3, 0.4) is 0 Å². The van der Waals surface area contributed by atoms with E-state index < -0.39 is 0 Å². The molecular formula is C14H21FN2. The van der Waals surface area contributed by atoms with Crippen LogP contribution in [-0.4, -0.2) is 31.1 Å². The van der Waals surface area contributed by atoms with Crippen LogP contribution in [0.4, 0.5) is 10.1 Å². The lowest BCUT2D eigenvalue weighted by Gasteiger charge is -2.20. The SMILES string of the molecule is CC1(C)CCN(CCNc2ccccc2F)C1. The fourth-order valence-corrected chi connectivity index (χ4v) is 2.37. The molecule has 0 aromatic heterocycles. The van der Waals surface area contributed by atoms with E-state index in [0.717, 1.165) is 26.2 Å². The van der Waals surface area contributed by atoms with Crippen LogP contribution in [0, 0.1) is 11.2 Å². The maximum atomic E-state index is 13.3. The molecule has 3 heteroatoms. The first-order valence-electron chi connectivity index (χ1n) is 6.28. The minimum absolute atomic E-state index is 0.172. The zero-order valence-corrected chi connectivity index (χ0v) is 10.7. The normalized spacial score (nSPS) is 19.5. The molecule has 0 spiro atoms. The molecule has 1 aromatic carbocycles. The van der Waals surface area contributed by atoms with Crippen molar-refractivity contribution in [3.8, 4) is 0 Å². The highest BCUT2D eigenvalue weighted by Gasteiger charge is 2.28. The first kappa shape index (κ1) is 12.4. The third-order valence-electron chi connectivity index (χ3n) is 3.37. The fraction of sp³-hybridized carbons (Fsp3) is 0.571. The zero-order valence-electron chi connectivity index (χ0n) is 10.7. The number of likely N-dealkylation sites (tertiary alicyclic amines) is 1. The van der Waals surface area contributed by atoms with Gasteiger partial charge < -0.3 is 10.2 Å².